The lowest BCUT2D eigenvalue weighted by molar-refractivity contribution is 0.333. The molecule has 20 heavy (non-hydrogen) atoms. The minimum absolute atomic E-state index is 0.942. The van der Waals surface area contributed by atoms with Gasteiger partial charge in [-0.1, -0.05) is 32.1 Å². The summed E-state index contributed by atoms with van der Waals surface area (Å²) in [5.74, 6) is 0.964. The van der Waals surface area contributed by atoms with Gasteiger partial charge in [0.05, 0.1) is 11.4 Å². The molecule has 3 rings (SSSR count). The molecule has 0 spiro atoms. The van der Waals surface area contributed by atoms with Gasteiger partial charge in [0, 0.05) is 17.6 Å². The van der Waals surface area contributed by atoms with Crippen molar-refractivity contribution in [1.29, 1.82) is 0 Å². The molecule has 0 bridgehead atoms. The second-order valence-electron chi connectivity index (χ2n) is 6.11. The topological polar surface area (TPSA) is 29.3 Å². The van der Waals surface area contributed by atoms with E-state index in [1.165, 1.54) is 55.6 Å². The van der Waals surface area contributed by atoms with E-state index in [2.05, 4.69) is 33.9 Å². The fraction of sp³-hybridized carbons (Fsp3) is 0.688. The summed E-state index contributed by atoms with van der Waals surface area (Å²) in [5, 5.41) is 5.82. The van der Waals surface area contributed by atoms with Crippen LogP contribution in [0.5, 0.6) is 0 Å². The van der Waals surface area contributed by atoms with E-state index >= 15 is 0 Å². The summed E-state index contributed by atoms with van der Waals surface area (Å²) >= 11 is 1.73. The van der Waals surface area contributed by atoms with Gasteiger partial charge in [0.2, 0.25) is 0 Å². The van der Waals surface area contributed by atoms with Crippen LogP contribution in [0.25, 0.3) is 4.96 Å². The Bertz CT molecular complexity index is 564. The third kappa shape index (κ3) is 2.91. The van der Waals surface area contributed by atoms with E-state index in [0.717, 1.165) is 24.0 Å². The smallest absolute Gasteiger partial charge is 0.194 e. The predicted molar refractivity (Wildman–Crippen MR) is 85.4 cm³/mol. The second kappa shape index (κ2) is 6.27. The Labute approximate surface area is 125 Å². The standard InChI is InChI=1S/C16H25N3S/c1-12-11-20-16-18-13(2)15(19(12)16)10-17-9-8-14-6-4-3-5-7-14/h11,14,17H,3-10H2,1-2H3. The van der Waals surface area contributed by atoms with Gasteiger partial charge in [0.1, 0.15) is 0 Å². The molecule has 110 valence electrons. The van der Waals surface area contributed by atoms with Crippen molar-refractivity contribution in [2.45, 2.75) is 58.9 Å². The maximum Gasteiger partial charge on any atom is 0.194 e. The maximum atomic E-state index is 4.64. The first-order chi connectivity index (χ1) is 9.75. The number of rotatable bonds is 5. The van der Waals surface area contributed by atoms with Gasteiger partial charge >= 0.3 is 0 Å². The Kier molecular flexibility index (Phi) is 4.41. The second-order valence-corrected chi connectivity index (χ2v) is 6.95. The van der Waals surface area contributed by atoms with Crippen molar-refractivity contribution in [3.8, 4) is 0 Å². The minimum Gasteiger partial charge on any atom is -0.311 e. The van der Waals surface area contributed by atoms with E-state index in [-0.39, 0.29) is 0 Å². The third-order valence-corrected chi connectivity index (χ3v) is 5.52. The first-order valence-electron chi connectivity index (χ1n) is 7.88. The number of nitrogens with one attached hydrogen (secondary N) is 1. The first kappa shape index (κ1) is 14.1. The van der Waals surface area contributed by atoms with Crippen molar-refractivity contribution in [3.05, 3.63) is 22.5 Å². The summed E-state index contributed by atoms with van der Waals surface area (Å²) in [7, 11) is 0. The quantitative estimate of drug-likeness (QED) is 0.841. The number of hydrogen-bond donors (Lipinski definition) is 1. The highest BCUT2D eigenvalue weighted by Gasteiger charge is 2.14. The molecule has 2 aromatic heterocycles. The van der Waals surface area contributed by atoms with Crippen LogP contribution in [0.3, 0.4) is 0 Å². The molecule has 1 aliphatic rings. The van der Waals surface area contributed by atoms with E-state index in [1.54, 1.807) is 11.3 Å². The van der Waals surface area contributed by atoms with Crippen LogP contribution in [-0.2, 0) is 6.54 Å². The van der Waals surface area contributed by atoms with Gasteiger partial charge in [0.25, 0.3) is 0 Å². The summed E-state index contributed by atoms with van der Waals surface area (Å²) in [5.41, 5.74) is 3.81. The molecule has 0 amide bonds. The molecule has 1 N–H and O–H groups in total. The predicted octanol–water partition coefficient (Wildman–Crippen LogP) is 4.07. The van der Waals surface area contributed by atoms with Crippen LogP contribution >= 0.6 is 11.3 Å². The van der Waals surface area contributed by atoms with Gasteiger partial charge in [-0.3, -0.25) is 4.40 Å². The lowest BCUT2D eigenvalue weighted by Gasteiger charge is -2.21. The SMILES string of the molecule is Cc1nc2scc(C)n2c1CNCCC1CCCCC1. The van der Waals surface area contributed by atoms with E-state index in [4.69, 9.17) is 0 Å². The molecule has 0 aromatic carbocycles. The number of thiazole rings is 1. The zero-order valence-electron chi connectivity index (χ0n) is 12.6. The summed E-state index contributed by atoms with van der Waals surface area (Å²) in [6.45, 7) is 6.37. The van der Waals surface area contributed by atoms with E-state index in [1.807, 2.05) is 0 Å². The van der Waals surface area contributed by atoms with Crippen LogP contribution in [0.4, 0.5) is 0 Å². The van der Waals surface area contributed by atoms with E-state index in [0.29, 0.717) is 0 Å². The van der Waals surface area contributed by atoms with Gasteiger partial charge in [-0.25, -0.2) is 4.98 Å². The van der Waals surface area contributed by atoms with Gasteiger partial charge in [-0.15, -0.1) is 11.3 Å². The molecule has 1 saturated carbocycles. The molecule has 3 nitrogen and oxygen atoms in total. The highest BCUT2D eigenvalue weighted by molar-refractivity contribution is 7.15. The Morgan fingerprint density at radius 2 is 2.10 bits per heavy atom. The fourth-order valence-corrected chi connectivity index (χ4v) is 4.30. The molecule has 0 radical (unpaired) electrons. The number of fused-ring (bicyclic) bond motifs is 1. The minimum atomic E-state index is 0.942. The molecular weight excluding hydrogens is 266 g/mol. The molecule has 0 atom stereocenters. The highest BCUT2D eigenvalue weighted by atomic mass is 32.1. The van der Waals surface area contributed by atoms with Gasteiger partial charge in [-0.2, -0.15) is 0 Å². The fourth-order valence-electron chi connectivity index (χ4n) is 3.36. The molecule has 0 aliphatic heterocycles. The highest BCUT2D eigenvalue weighted by Crippen LogP contribution is 2.26. The van der Waals surface area contributed by atoms with Crippen molar-refractivity contribution in [2.75, 3.05) is 6.54 Å². The Morgan fingerprint density at radius 1 is 1.30 bits per heavy atom. The lowest BCUT2D eigenvalue weighted by Crippen LogP contribution is -2.20. The average Bonchev–Trinajstić information content (AvgIpc) is 2.96. The van der Waals surface area contributed by atoms with Crippen LogP contribution in [0, 0.1) is 19.8 Å². The number of nitrogens with zero attached hydrogens (tertiary/aromatic N) is 2. The number of aryl methyl sites for hydroxylation is 2. The summed E-state index contributed by atoms with van der Waals surface area (Å²) in [4.78, 5) is 5.77. The third-order valence-electron chi connectivity index (χ3n) is 4.58. The van der Waals surface area contributed by atoms with Crippen LogP contribution in [-0.4, -0.2) is 15.9 Å². The van der Waals surface area contributed by atoms with Crippen molar-refractivity contribution in [2.24, 2.45) is 5.92 Å². The van der Waals surface area contributed by atoms with Crippen molar-refractivity contribution < 1.29 is 0 Å². The zero-order chi connectivity index (χ0) is 13.9. The Balaban J connectivity index is 1.54. The van der Waals surface area contributed by atoms with Gasteiger partial charge in [0.15, 0.2) is 4.96 Å². The van der Waals surface area contributed by atoms with Crippen molar-refractivity contribution in [1.82, 2.24) is 14.7 Å². The first-order valence-corrected chi connectivity index (χ1v) is 8.76. The Morgan fingerprint density at radius 3 is 2.90 bits per heavy atom. The summed E-state index contributed by atoms with van der Waals surface area (Å²) < 4.78 is 2.30. The van der Waals surface area contributed by atoms with E-state index in [9.17, 15) is 0 Å². The number of aromatic nitrogens is 2. The molecule has 2 heterocycles. The van der Waals surface area contributed by atoms with Crippen LogP contribution in [0.1, 0.15) is 55.6 Å². The van der Waals surface area contributed by atoms with Gasteiger partial charge in [-0.05, 0) is 32.7 Å². The lowest BCUT2D eigenvalue weighted by atomic mass is 9.87. The van der Waals surface area contributed by atoms with E-state index < -0.39 is 0 Å². The van der Waals surface area contributed by atoms with Crippen LogP contribution in [0.2, 0.25) is 0 Å². The maximum absolute atomic E-state index is 4.64. The number of hydrogen-bond acceptors (Lipinski definition) is 3. The summed E-state index contributed by atoms with van der Waals surface area (Å²) in [6, 6.07) is 0. The molecule has 1 aliphatic carbocycles. The zero-order valence-corrected chi connectivity index (χ0v) is 13.4. The normalized spacial score (nSPS) is 17.1. The Hall–Kier alpha value is -0.870. The van der Waals surface area contributed by atoms with Crippen LogP contribution in [0.15, 0.2) is 5.38 Å². The number of imidazole rings is 1. The summed E-state index contributed by atoms with van der Waals surface area (Å²) in [6.07, 6.45) is 8.57. The molecule has 4 heteroatoms. The molecule has 0 unspecified atom stereocenters. The monoisotopic (exact) mass is 291 g/mol. The molecule has 1 fully saturated rings. The largest absolute Gasteiger partial charge is 0.311 e. The molecule has 0 saturated heterocycles. The van der Waals surface area contributed by atoms with Crippen molar-refractivity contribution >= 4 is 16.3 Å². The molecule has 2 aromatic rings. The van der Waals surface area contributed by atoms with Crippen LogP contribution < -0.4 is 5.32 Å². The molecular formula is C16H25N3S. The average molecular weight is 291 g/mol. The van der Waals surface area contributed by atoms with Crippen molar-refractivity contribution in [3.63, 3.8) is 0 Å². The van der Waals surface area contributed by atoms with Gasteiger partial charge < -0.3 is 5.32 Å².